The van der Waals surface area contributed by atoms with Gasteiger partial charge in [-0.2, -0.15) is 13.2 Å². The van der Waals surface area contributed by atoms with Crippen LogP contribution >= 0.6 is 0 Å². The molecule has 0 aliphatic rings. The number of anilines is 1. The van der Waals surface area contributed by atoms with Crippen molar-refractivity contribution in [2.45, 2.75) is 19.0 Å². The Balaban J connectivity index is 2.59. The van der Waals surface area contributed by atoms with Crippen LogP contribution in [0.15, 0.2) is 36.4 Å². The van der Waals surface area contributed by atoms with Crippen molar-refractivity contribution in [3.05, 3.63) is 42.0 Å². The number of carbonyl (C=O) groups excluding carboxylic acids is 3. The highest BCUT2D eigenvalue weighted by atomic mass is 19.4. The first-order chi connectivity index (χ1) is 13.6. The van der Waals surface area contributed by atoms with Gasteiger partial charge < -0.3 is 21.7 Å². The van der Waals surface area contributed by atoms with Crippen molar-refractivity contribution in [2.24, 2.45) is 11.5 Å². The maximum atomic E-state index is 13.2. The Bertz CT molecular complexity index is 915. The van der Waals surface area contributed by atoms with Crippen LogP contribution in [0.5, 0.6) is 0 Å². The van der Waals surface area contributed by atoms with Gasteiger partial charge in [0.15, 0.2) is 0 Å². The standard InChI is InChI=1S/C19H21F3N4O3/c20-19(21,22)18(29)26(8-4-3-7-23)15-10-13-6-2-1-5-12(13)9-14(15)17(28)25-11-16(24)27/h1-2,5-6,9-10H,3-4,7-8,11,23H2,(H2,24,27)(H,25,28). The van der Waals surface area contributed by atoms with Crippen LogP contribution in [-0.4, -0.2) is 43.5 Å². The number of primary amides is 1. The summed E-state index contributed by atoms with van der Waals surface area (Å²) < 4.78 is 39.7. The molecule has 5 N–H and O–H groups in total. The zero-order valence-corrected chi connectivity index (χ0v) is 15.5. The molecule has 10 heteroatoms. The number of benzene rings is 2. The van der Waals surface area contributed by atoms with Crippen LogP contribution < -0.4 is 21.7 Å². The van der Waals surface area contributed by atoms with Gasteiger partial charge in [0.05, 0.1) is 17.8 Å². The molecule has 0 unspecified atom stereocenters. The molecule has 2 aromatic rings. The Kier molecular flexibility index (Phi) is 7.16. The molecule has 0 radical (unpaired) electrons. The van der Waals surface area contributed by atoms with Crippen molar-refractivity contribution in [1.82, 2.24) is 5.32 Å². The van der Waals surface area contributed by atoms with Crippen LogP contribution in [-0.2, 0) is 9.59 Å². The summed E-state index contributed by atoms with van der Waals surface area (Å²) in [6, 6.07) is 9.44. The molecule has 0 aliphatic carbocycles. The molecular weight excluding hydrogens is 389 g/mol. The van der Waals surface area contributed by atoms with Gasteiger partial charge in [0.1, 0.15) is 0 Å². The molecule has 0 fully saturated rings. The van der Waals surface area contributed by atoms with E-state index in [-0.39, 0.29) is 30.8 Å². The third-order valence-electron chi connectivity index (χ3n) is 4.15. The number of nitrogens with one attached hydrogen (secondary N) is 1. The van der Waals surface area contributed by atoms with E-state index in [0.29, 0.717) is 22.1 Å². The molecule has 0 heterocycles. The van der Waals surface area contributed by atoms with E-state index in [9.17, 15) is 27.6 Å². The van der Waals surface area contributed by atoms with Crippen LogP contribution in [0.4, 0.5) is 18.9 Å². The van der Waals surface area contributed by atoms with Gasteiger partial charge in [-0.05, 0) is 42.3 Å². The molecular formula is C19H21F3N4O3. The van der Waals surface area contributed by atoms with Crippen LogP contribution in [0, 0.1) is 0 Å². The largest absolute Gasteiger partial charge is 0.471 e. The highest BCUT2D eigenvalue weighted by Crippen LogP contribution is 2.31. The Morgan fingerprint density at radius 1 is 1.03 bits per heavy atom. The molecule has 0 atom stereocenters. The van der Waals surface area contributed by atoms with Gasteiger partial charge in [-0.3, -0.25) is 14.4 Å². The number of amides is 3. The molecule has 2 aromatic carbocycles. The van der Waals surface area contributed by atoms with Gasteiger partial charge >= 0.3 is 12.1 Å². The second-order valence-corrected chi connectivity index (χ2v) is 6.32. The van der Waals surface area contributed by atoms with Gasteiger partial charge in [0.2, 0.25) is 5.91 Å². The zero-order chi connectivity index (χ0) is 21.6. The van der Waals surface area contributed by atoms with Gasteiger partial charge in [-0.25, -0.2) is 0 Å². The first-order valence-electron chi connectivity index (χ1n) is 8.83. The fourth-order valence-corrected chi connectivity index (χ4v) is 2.79. The number of hydrogen-bond acceptors (Lipinski definition) is 4. The molecule has 7 nitrogen and oxygen atoms in total. The fraction of sp³-hybridized carbons (Fsp3) is 0.316. The smallest absolute Gasteiger partial charge is 0.368 e. The molecule has 3 amide bonds. The minimum Gasteiger partial charge on any atom is -0.368 e. The monoisotopic (exact) mass is 410 g/mol. The predicted molar refractivity (Wildman–Crippen MR) is 102 cm³/mol. The molecule has 0 aliphatic heterocycles. The van der Waals surface area contributed by atoms with Crippen LogP contribution in [0.1, 0.15) is 23.2 Å². The summed E-state index contributed by atoms with van der Waals surface area (Å²) in [7, 11) is 0. The molecule has 29 heavy (non-hydrogen) atoms. The van der Waals surface area contributed by atoms with E-state index < -0.39 is 30.4 Å². The van der Waals surface area contributed by atoms with Crippen molar-refractivity contribution >= 4 is 34.2 Å². The van der Waals surface area contributed by atoms with Gasteiger partial charge in [-0.15, -0.1) is 0 Å². The van der Waals surface area contributed by atoms with Crippen molar-refractivity contribution < 1.29 is 27.6 Å². The average Bonchev–Trinajstić information content (AvgIpc) is 2.67. The topological polar surface area (TPSA) is 119 Å². The van der Waals surface area contributed by atoms with Crippen molar-refractivity contribution in [3.63, 3.8) is 0 Å². The summed E-state index contributed by atoms with van der Waals surface area (Å²) in [6.45, 7) is -0.521. The van der Waals surface area contributed by atoms with Gasteiger partial charge in [-0.1, -0.05) is 24.3 Å². The average molecular weight is 410 g/mol. The maximum Gasteiger partial charge on any atom is 0.471 e. The van der Waals surface area contributed by atoms with Gasteiger partial charge in [0.25, 0.3) is 5.91 Å². The summed E-state index contributed by atoms with van der Waals surface area (Å²) in [4.78, 5) is 36.2. The van der Waals surface area contributed by atoms with Crippen LogP contribution in [0.3, 0.4) is 0 Å². The number of hydrogen-bond donors (Lipinski definition) is 3. The SMILES string of the molecule is NCCCCN(C(=O)C(F)(F)F)c1cc2ccccc2cc1C(=O)NCC(N)=O. The number of alkyl halides is 3. The zero-order valence-electron chi connectivity index (χ0n) is 15.5. The maximum absolute atomic E-state index is 13.2. The third kappa shape index (κ3) is 5.67. The summed E-state index contributed by atoms with van der Waals surface area (Å²) in [6.07, 6.45) is -4.51. The van der Waals surface area contributed by atoms with Crippen LogP contribution in [0.2, 0.25) is 0 Å². The first kappa shape index (κ1) is 22.2. The first-order valence-corrected chi connectivity index (χ1v) is 8.83. The molecule has 2 rings (SSSR count). The Morgan fingerprint density at radius 3 is 2.21 bits per heavy atom. The minimum atomic E-state index is -5.13. The van der Waals surface area contributed by atoms with Crippen molar-refractivity contribution in [3.8, 4) is 0 Å². The number of rotatable bonds is 8. The molecule has 0 saturated heterocycles. The van der Waals surface area contributed by atoms with E-state index in [1.54, 1.807) is 24.3 Å². The number of carbonyl (C=O) groups is 3. The number of unbranched alkanes of at least 4 members (excludes halogenated alkanes) is 1. The number of nitrogens with zero attached hydrogens (tertiary/aromatic N) is 1. The molecule has 0 spiro atoms. The number of fused-ring (bicyclic) bond motifs is 1. The van der Waals surface area contributed by atoms with E-state index in [4.69, 9.17) is 11.5 Å². The highest BCUT2D eigenvalue weighted by Gasteiger charge is 2.43. The molecule has 156 valence electrons. The normalized spacial score (nSPS) is 11.3. The second-order valence-electron chi connectivity index (χ2n) is 6.32. The quantitative estimate of drug-likeness (QED) is 0.574. The molecule has 0 saturated carbocycles. The predicted octanol–water partition coefficient (Wildman–Crippen LogP) is 1.69. The van der Waals surface area contributed by atoms with Crippen molar-refractivity contribution in [1.29, 1.82) is 0 Å². The number of halogens is 3. The number of nitrogens with two attached hydrogens (primary N) is 2. The molecule has 0 bridgehead atoms. The van der Waals surface area contributed by atoms with E-state index in [0.717, 1.165) is 0 Å². The highest BCUT2D eigenvalue weighted by molar-refractivity contribution is 6.10. The summed E-state index contributed by atoms with van der Waals surface area (Å²) in [5.74, 6) is -3.72. The summed E-state index contributed by atoms with van der Waals surface area (Å²) in [5, 5.41) is 3.38. The second kappa shape index (κ2) is 9.37. The van der Waals surface area contributed by atoms with E-state index in [1.807, 2.05) is 0 Å². The summed E-state index contributed by atoms with van der Waals surface area (Å²) in [5.41, 5.74) is 10.0. The van der Waals surface area contributed by atoms with E-state index in [1.165, 1.54) is 12.1 Å². The van der Waals surface area contributed by atoms with Crippen molar-refractivity contribution in [2.75, 3.05) is 24.5 Å². The Labute approximate surface area is 164 Å². The summed E-state index contributed by atoms with van der Waals surface area (Å²) >= 11 is 0. The fourth-order valence-electron chi connectivity index (χ4n) is 2.79. The van der Waals surface area contributed by atoms with Crippen LogP contribution in [0.25, 0.3) is 10.8 Å². The Morgan fingerprint density at radius 2 is 1.66 bits per heavy atom. The lowest BCUT2D eigenvalue weighted by Gasteiger charge is -2.26. The minimum absolute atomic E-state index is 0.171. The lowest BCUT2D eigenvalue weighted by Crippen LogP contribution is -2.43. The third-order valence-corrected chi connectivity index (χ3v) is 4.15. The molecule has 0 aromatic heterocycles. The lowest BCUT2D eigenvalue weighted by atomic mass is 10.0. The van der Waals surface area contributed by atoms with Gasteiger partial charge in [0, 0.05) is 6.54 Å². The lowest BCUT2D eigenvalue weighted by molar-refractivity contribution is -0.170. The van der Waals surface area contributed by atoms with E-state index >= 15 is 0 Å². The Hall–Kier alpha value is -3.14. The van der Waals surface area contributed by atoms with E-state index in [2.05, 4.69) is 5.32 Å².